The summed E-state index contributed by atoms with van der Waals surface area (Å²) in [6.45, 7) is 0.493. The first-order chi connectivity index (χ1) is 16.2. The molecule has 1 heterocycles. The van der Waals surface area contributed by atoms with Crippen molar-refractivity contribution in [2.45, 2.75) is 17.5 Å². The lowest BCUT2D eigenvalue weighted by Crippen LogP contribution is -2.14. The van der Waals surface area contributed by atoms with Gasteiger partial charge < -0.3 is 14.5 Å². The lowest BCUT2D eigenvalue weighted by Gasteiger charge is -2.09. The van der Waals surface area contributed by atoms with E-state index < -0.39 is 5.56 Å². The first-order valence-corrected chi connectivity index (χ1v) is 11.2. The van der Waals surface area contributed by atoms with Gasteiger partial charge in [-0.15, -0.1) is 0 Å². The highest BCUT2D eigenvalue weighted by molar-refractivity contribution is 7.98. The van der Waals surface area contributed by atoms with Crippen LogP contribution in [-0.4, -0.2) is 17.1 Å². The summed E-state index contributed by atoms with van der Waals surface area (Å²) in [5, 5.41) is 9.91. The maximum atomic E-state index is 12.5. The number of nitriles is 1. The molecule has 4 aromatic rings. The van der Waals surface area contributed by atoms with Gasteiger partial charge in [-0.05, 0) is 47.5 Å². The molecule has 33 heavy (non-hydrogen) atoms. The average Bonchev–Trinajstić information content (AvgIpc) is 2.87. The van der Waals surface area contributed by atoms with Crippen LogP contribution in [0.15, 0.2) is 88.8 Å². The van der Waals surface area contributed by atoms with E-state index in [1.54, 1.807) is 31.4 Å². The molecule has 0 aliphatic rings. The van der Waals surface area contributed by atoms with E-state index in [1.165, 1.54) is 11.8 Å². The van der Waals surface area contributed by atoms with Gasteiger partial charge in [0.05, 0.1) is 12.8 Å². The highest BCUT2D eigenvalue weighted by atomic mass is 32.2. The third-order valence-corrected chi connectivity index (χ3v) is 5.84. The summed E-state index contributed by atoms with van der Waals surface area (Å²) in [4.78, 5) is 19.8. The molecule has 0 aliphatic heterocycles. The van der Waals surface area contributed by atoms with E-state index >= 15 is 0 Å². The monoisotopic (exact) mass is 455 g/mol. The molecule has 1 N–H and O–H groups in total. The Morgan fingerprint density at radius 1 is 0.970 bits per heavy atom. The number of aromatic nitrogens is 2. The molecule has 164 valence electrons. The summed E-state index contributed by atoms with van der Waals surface area (Å²) in [6.07, 6.45) is 0. The molecule has 6 nitrogen and oxygen atoms in total. The van der Waals surface area contributed by atoms with Crippen molar-refractivity contribution in [2.75, 3.05) is 7.11 Å². The van der Waals surface area contributed by atoms with Crippen LogP contribution in [0.2, 0.25) is 0 Å². The zero-order valence-electron chi connectivity index (χ0n) is 17.9. The minimum absolute atomic E-state index is 0.0131. The van der Waals surface area contributed by atoms with E-state index in [2.05, 4.69) is 9.97 Å². The maximum Gasteiger partial charge on any atom is 0.270 e. The predicted molar refractivity (Wildman–Crippen MR) is 128 cm³/mol. The van der Waals surface area contributed by atoms with Crippen LogP contribution in [0.4, 0.5) is 0 Å². The summed E-state index contributed by atoms with van der Waals surface area (Å²) in [7, 11) is 1.58. The minimum atomic E-state index is -0.458. The number of ether oxygens (including phenoxy) is 2. The lowest BCUT2D eigenvalue weighted by atomic mass is 10.1. The molecule has 0 saturated carbocycles. The second-order valence-electron chi connectivity index (χ2n) is 7.15. The highest BCUT2D eigenvalue weighted by Gasteiger charge is 2.14. The standard InChI is InChI=1S/C26H21N3O3S/c1-31-21-12-10-20(11-13-21)24-23(15-27)25(30)29-26(28-24)33-17-19-8-5-9-22(14-19)32-16-18-6-3-2-4-7-18/h2-14H,16-17H2,1H3,(H,28,29,30). The molecule has 0 fully saturated rings. The van der Waals surface area contributed by atoms with Gasteiger partial charge in [0.15, 0.2) is 5.16 Å². The number of thioether (sulfide) groups is 1. The molecular formula is C26H21N3O3S. The summed E-state index contributed by atoms with van der Waals surface area (Å²) in [5.74, 6) is 2.04. The molecule has 0 amide bonds. The highest BCUT2D eigenvalue weighted by Crippen LogP contribution is 2.26. The van der Waals surface area contributed by atoms with Gasteiger partial charge in [-0.25, -0.2) is 4.98 Å². The van der Waals surface area contributed by atoms with Gasteiger partial charge in [0.2, 0.25) is 0 Å². The molecule has 0 atom stereocenters. The van der Waals surface area contributed by atoms with Gasteiger partial charge in [0, 0.05) is 11.3 Å². The number of nitrogens with one attached hydrogen (secondary N) is 1. The molecule has 0 spiro atoms. The van der Waals surface area contributed by atoms with Crippen LogP contribution in [0.5, 0.6) is 11.5 Å². The van der Waals surface area contributed by atoms with Crippen molar-refractivity contribution in [1.82, 2.24) is 9.97 Å². The number of benzene rings is 3. The number of rotatable bonds is 8. The fourth-order valence-electron chi connectivity index (χ4n) is 3.20. The Balaban J connectivity index is 1.50. The molecule has 0 bridgehead atoms. The summed E-state index contributed by atoms with van der Waals surface area (Å²) >= 11 is 1.39. The van der Waals surface area contributed by atoms with Crippen LogP contribution < -0.4 is 15.0 Å². The summed E-state index contributed by atoms with van der Waals surface area (Å²) in [6, 6.07) is 26.9. The van der Waals surface area contributed by atoms with Crippen molar-refractivity contribution in [3.05, 3.63) is 106 Å². The molecular weight excluding hydrogens is 434 g/mol. The van der Waals surface area contributed by atoms with Gasteiger partial charge in [0.1, 0.15) is 29.7 Å². The predicted octanol–water partition coefficient (Wildman–Crippen LogP) is 5.19. The van der Waals surface area contributed by atoms with E-state index in [0.29, 0.717) is 34.5 Å². The van der Waals surface area contributed by atoms with Gasteiger partial charge in [-0.1, -0.05) is 54.2 Å². The summed E-state index contributed by atoms with van der Waals surface area (Å²) in [5.41, 5.74) is 2.69. The maximum absolute atomic E-state index is 12.5. The number of methoxy groups -OCH3 is 1. The van der Waals surface area contributed by atoms with Crippen LogP contribution in [0, 0.1) is 11.3 Å². The van der Waals surface area contributed by atoms with Gasteiger partial charge in [-0.2, -0.15) is 5.26 Å². The Labute approximate surface area is 195 Å². The van der Waals surface area contributed by atoms with Crippen LogP contribution in [0.3, 0.4) is 0 Å². The van der Waals surface area contributed by atoms with Crippen molar-refractivity contribution in [1.29, 1.82) is 5.26 Å². The lowest BCUT2D eigenvalue weighted by molar-refractivity contribution is 0.306. The zero-order valence-corrected chi connectivity index (χ0v) is 18.8. The molecule has 0 unspecified atom stereocenters. The van der Waals surface area contributed by atoms with Crippen molar-refractivity contribution >= 4 is 11.8 Å². The molecule has 7 heteroatoms. The first kappa shape index (κ1) is 22.2. The number of hydrogen-bond donors (Lipinski definition) is 1. The molecule has 0 saturated heterocycles. The number of aromatic amines is 1. The van der Waals surface area contributed by atoms with Crippen molar-refractivity contribution in [2.24, 2.45) is 0 Å². The first-order valence-electron chi connectivity index (χ1n) is 10.2. The fraction of sp³-hybridized carbons (Fsp3) is 0.115. The smallest absolute Gasteiger partial charge is 0.270 e. The Kier molecular flexibility index (Phi) is 7.08. The largest absolute Gasteiger partial charge is 0.497 e. The van der Waals surface area contributed by atoms with E-state index in [-0.39, 0.29) is 5.56 Å². The van der Waals surface area contributed by atoms with Crippen molar-refractivity contribution in [3.63, 3.8) is 0 Å². The van der Waals surface area contributed by atoms with Gasteiger partial charge in [0.25, 0.3) is 5.56 Å². The molecule has 0 radical (unpaired) electrons. The molecule has 3 aromatic carbocycles. The Hall–Kier alpha value is -4.02. The average molecular weight is 456 g/mol. The Morgan fingerprint density at radius 3 is 2.45 bits per heavy atom. The third-order valence-electron chi connectivity index (χ3n) is 4.90. The second kappa shape index (κ2) is 10.5. The Morgan fingerprint density at radius 2 is 1.73 bits per heavy atom. The molecule has 0 aliphatic carbocycles. The second-order valence-corrected chi connectivity index (χ2v) is 8.11. The van der Waals surface area contributed by atoms with Crippen molar-refractivity contribution < 1.29 is 9.47 Å². The molecule has 4 rings (SSSR count). The van der Waals surface area contributed by atoms with Gasteiger partial charge >= 0.3 is 0 Å². The number of hydrogen-bond acceptors (Lipinski definition) is 6. The zero-order chi connectivity index (χ0) is 23.0. The third kappa shape index (κ3) is 5.62. The molecule has 1 aromatic heterocycles. The fourth-order valence-corrected chi connectivity index (χ4v) is 4.00. The van der Waals surface area contributed by atoms with E-state index in [1.807, 2.05) is 60.7 Å². The van der Waals surface area contributed by atoms with Crippen LogP contribution in [0.25, 0.3) is 11.3 Å². The Bertz CT molecular complexity index is 1330. The van der Waals surface area contributed by atoms with Crippen LogP contribution >= 0.6 is 11.8 Å². The van der Waals surface area contributed by atoms with Crippen LogP contribution in [0.1, 0.15) is 16.7 Å². The normalized spacial score (nSPS) is 10.4. The number of H-pyrrole nitrogens is 1. The van der Waals surface area contributed by atoms with E-state index in [0.717, 1.165) is 16.9 Å². The van der Waals surface area contributed by atoms with E-state index in [4.69, 9.17) is 9.47 Å². The summed E-state index contributed by atoms with van der Waals surface area (Å²) < 4.78 is 11.1. The quantitative estimate of drug-likeness (QED) is 0.291. The topological polar surface area (TPSA) is 88.0 Å². The minimum Gasteiger partial charge on any atom is -0.497 e. The van der Waals surface area contributed by atoms with Gasteiger partial charge in [-0.3, -0.25) is 4.79 Å². The van der Waals surface area contributed by atoms with Crippen LogP contribution in [-0.2, 0) is 12.4 Å². The SMILES string of the molecule is COc1ccc(-c2nc(SCc3cccc(OCc4ccccc4)c3)[nH]c(=O)c2C#N)cc1. The number of nitrogens with zero attached hydrogens (tertiary/aromatic N) is 2. The van der Waals surface area contributed by atoms with E-state index in [9.17, 15) is 10.1 Å². The van der Waals surface area contributed by atoms with Crippen molar-refractivity contribution in [3.8, 4) is 28.8 Å².